The molecule has 0 heterocycles. The van der Waals surface area contributed by atoms with E-state index in [2.05, 4.69) is 33.0 Å². The maximum absolute atomic E-state index is 12.7. The minimum atomic E-state index is -2.38. The molecule has 0 atom stereocenters. The SMILES string of the molecule is CC1(C)CC(Nc2ccccc2SC(F)F)CC(C)(C)C1. The van der Waals surface area contributed by atoms with Crippen molar-refractivity contribution in [2.75, 3.05) is 5.32 Å². The third-order valence-electron chi connectivity index (χ3n) is 4.02. The molecule has 1 aliphatic rings. The number of anilines is 1. The molecule has 1 aromatic carbocycles. The van der Waals surface area contributed by atoms with E-state index in [-0.39, 0.29) is 10.8 Å². The maximum atomic E-state index is 12.7. The number of nitrogens with one attached hydrogen (secondary N) is 1. The molecule has 21 heavy (non-hydrogen) atoms. The Morgan fingerprint density at radius 2 is 1.67 bits per heavy atom. The van der Waals surface area contributed by atoms with Gasteiger partial charge in [0.1, 0.15) is 0 Å². The van der Waals surface area contributed by atoms with Gasteiger partial charge in [-0.2, -0.15) is 8.78 Å². The Morgan fingerprint density at radius 3 is 2.24 bits per heavy atom. The van der Waals surface area contributed by atoms with Crippen molar-refractivity contribution in [2.45, 2.75) is 63.7 Å². The molecule has 2 rings (SSSR count). The average molecular weight is 313 g/mol. The van der Waals surface area contributed by atoms with E-state index in [9.17, 15) is 8.78 Å². The van der Waals surface area contributed by atoms with Crippen LogP contribution in [0.2, 0.25) is 0 Å². The van der Waals surface area contributed by atoms with Crippen LogP contribution in [0.3, 0.4) is 0 Å². The smallest absolute Gasteiger partial charge is 0.288 e. The molecule has 0 bridgehead atoms. The van der Waals surface area contributed by atoms with E-state index in [1.54, 1.807) is 6.07 Å². The number of thioether (sulfide) groups is 1. The van der Waals surface area contributed by atoms with Crippen molar-refractivity contribution in [1.29, 1.82) is 0 Å². The highest BCUT2D eigenvalue weighted by Crippen LogP contribution is 2.46. The zero-order chi connectivity index (χ0) is 15.7. The van der Waals surface area contributed by atoms with E-state index in [1.807, 2.05) is 18.2 Å². The summed E-state index contributed by atoms with van der Waals surface area (Å²) in [7, 11) is 0. The summed E-state index contributed by atoms with van der Waals surface area (Å²) in [5.74, 6) is -2.38. The van der Waals surface area contributed by atoms with Crippen LogP contribution in [0.1, 0.15) is 47.0 Å². The molecule has 0 amide bonds. The normalized spacial score (nSPS) is 21.5. The zero-order valence-corrected chi connectivity index (χ0v) is 14.1. The Balaban J connectivity index is 2.14. The van der Waals surface area contributed by atoms with Crippen molar-refractivity contribution in [1.82, 2.24) is 0 Å². The first-order valence-electron chi connectivity index (χ1n) is 7.47. The first kappa shape index (κ1) is 16.6. The molecule has 1 saturated carbocycles. The molecule has 0 saturated heterocycles. The molecular formula is C17H25F2NS. The van der Waals surface area contributed by atoms with Crippen molar-refractivity contribution in [2.24, 2.45) is 10.8 Å². The number of hydrogen-bond acceptors (Lipinski definition) is 2. The van der Waals surface area contributed by atoms with E-state index in [0.29, 0.717) is 22.7 Å². The Hall–Kier alpha value is -0.770. The zero-order valence-electron chi connectivity index (χ0n) is 13.2. The van der Waals surface area contributed by atoms with Crippen molar-refractivity contribution in [3.8, 4) is 0 Å². The van der Waals surface area contributed by atoms with Crippen molar-refractivity contribution >= 4 is 17.4 Å². The lowest BCUT2D eigenvalue weighted by molar-refractivity contribution is 0.105. The van der Waals surface area contributed by atoms with Crippen LogP contribution in [0.15, 0.2) is 29.2 Å². The third kappa shape index (κ3) is 4.87. The minimum absolute atomic E-state index is 0.282. The van der Waals surface area contributed by atoms with Gasteiger partial charge in [-0.1, -0.05) is 51.6 Å². The lowest BCUT2D eigenvalue weighted by atomic mass is 9.63. The molecule has 0 spiro atoms. The van der Waals surface area contributed by atoms with Gasteiger partial charge < -0.3 is 5.32 Å². The predicted molar refractivity (Wildman–Crippen MR) is 87.1 cm³/mol. The van der Waals surface area contributed by atoms with Gasteiger partial charge in [0, 0.05) is 16.6 Å². The summed E-state index contributed by atoms with van der Waals surface area (Å²) < 4.78 is 25.3. The highest BCUT2D eigenvalue weighted by atomic mass is 32.2. The fourth-order valence-corrected chi connectivity index (χ4v) is 4.56. The van der Waals surface area contributed by atoms with Gasteiger partial charge in [0.05, 0.1) is 0 Å². The molecule has 1 aromatic rings. The van der Waals surface area contributed by atoms with E-state index in [0.717, 1.165) is 18.5 Å². The summed E-state index contributed by atoms with van der Waals surface area (Å²) in [6.07, 6.45) is 3.35. The minimum Gasteiger partial charge on any atom is -0.381 e. The molecule has 118 valence electrons. The van der Waals surface area contributed by atoms with Crippen molar-refractivity contribution < 1.29 is 8.78 Å². The first-order chi connectivity index (χ1) is 9.67. The van der Waals surface area contributed by atoms with Gasteiger partial charge in [-0.3, -0.25) is 0 Å². The molecule has 4 heteroatoms. The molecule has 1 aliphatic carbocycles. The second-order valence-electron chi connectivity index (χ2n) is 7.63. The highest BCUT2D eigenvalue weighted by Gasteiger charge is 2.38. The standard InChI is InChI=1S/C17H25F2NS/c1-16(2)9-12(10-17(3,4)11-16)20-13-7-5-6-8-14(13)21-15(18)19/h5-8,12,15,20H,9-11H2,1-4H3. The Morgan fingerprint density at radius 1 is 1.10 bits per heavy atom. The van der Waals surface area contributed by atoms with Gasteiger partial charge in [-0.25, -0.2) is 0 Å². The van der Waals surface area contributed by atoms with Gasteiger partial charge in [0.2, 0.25) is 0 Å². The largest absolute Gasteiger partial charge is 0.381 e. The monoisotopic (exact) mass is 313 g/mol. The van der Waals surface area contributed by atoms with Crippen LogP contribution in [-0.2, 0) is 0 Å². The van der Waals surface area contributed by atoms with Crippen molar-refractivity contribution in [3.05, 3.63) is 24.3 Å². The predicted octanol–water partition coefficient (Wildman–Crippen LogP) is 6.02. The molecule has 1 N–H and O–H groups in total. The summed E-state index contributed by atoms with van der Waals surface area (Å²) in [5.41, 5.74) is 1.40. The summed E-state index contributed by atoms with van der Waals surface area (Å²) in [5, 5.41) is 3.51. The summed E-state index contributed by atoms with van der Waals surface area (Å²) >= 11 is 0.618. The number of halogens is 2. The lowest BCUT2D eigenvalue weighted by Crippen LogP contribution is -2.40. The number of rotatable bonds is 4. The molecule has 0 radical (unpaired) electrons. The van der Waals surface area contributed by atoms with Crippen LogP contribution in [0.25, 0.3) is 0 Å². The molecule has 0 unspecified atom stereocenters. The van der Waals surface area contributed by atoms with Gasteiger partial charge in [0.25, 0.3) is 5.76 Å². The van der Waals surface area contributed by atoms with Crippen LogP contribution < -0.4 is 5.32 Å². The summed E-state index contributed by atoms with van der Waals surface area (Å²) in [6, 6.07) is 7.71. The van der Waals surface area contributed by atoms with Gasteiger partial charge in [0.15, 0.2) is 0 Å². The van der Waals surface area contributed by atoms with Crippen LogP contribution >= 0.6 is 11.8 Å². The summed E-state index contributed by atoms with van der Waals surface area (Å²) in [4.78, 5) is 0.633. The third-order valence-corrected chi connectivity index (χ3v) is 4.81. The Bertz CT molecular complexity index is 469. The van der Waals surface area contributed by atoms with Crippen LogP contribution in [0.4, 0.5) is 14.5 Å². The molecule has 1 nitrogen and oxygen atoms in total. The quantitative estimate of drug-likeness (QED) is 0.682. The Labute approximate surface area is 130 Å². The number of hydrogen-bond donors (Lipinski definition) is 1. The van der Waals surface area contributed by atoms with Crippen LogP contribution in [0.5, 0.6) is 0 Å². The number of para-hydroxylation sites is 1. The fraction of sp³-hybridized carbons (Fsp3) is 0.647. The lowest BCUT2D eigenvalue weighted by Gasteiger charge is -2.45. The molecular weight excluding hydrogens is 288 g/mol. The fourth-order valence-electron chi connectivity index (χ4n) is 3.95. The van der Waals surface area contributed by atoms with E-state index in [1.165, 1.54) is 6.42 Å². The Kier molecular flexibility index (Phi) is 4.86. The molecule has 1 fully saturated rings. The second-order valence-corrected chi connectivity index (χ2v) is 8.66. The van der Waals surface area contributed by atoms with Crippen molar-refractivity contribution in [3.63, 3.8) is 0 Å². The summed E-state index contributed by atoms with van der Waals surface area (Å²) in [6.45, 7) is 9.18. The van der Waals surface area contributed by atoms with E-state index >= 15 is 0 Å². The first-order valence-corrected chi connectivity index (χ1v) is 8.35. The van der Waals surface area contributed by atoms with Gasteiger partial charge in [-0.15, -0.1) is 0 Å². The number of alkyl halides is 2. The van der Waals surface area contributed by atoms with Crippen LogP contribution in [-0.4, -0.2) is 11.8 Å². The number of benzene rings is 1. The second kappa shape index (κ2) is 6.15. The highest BCUT2D eigenvalue weighted by molar-refractivity contribution is 7.99. The van der Waals surface area contributed by atoms with E-state index in [4.69, 9.17) is 0 Å². The van der Waals surface area contributed by atoms with Crippen LogP contribution in [0, 0.1) is 10.8 Å². The maximum Gasteiger partial charge on any atom is 0.288 e. The van der Waals surface area contributed by atoms with E-state index < -0.39 is 5.76 Å². The van der Waals surface area contributed by atoms with Gasteiger partial charge in [-0.05, 0) is 42.2 Å². The molecule has 0 aromatic heterocycles. The van der Waals surface area contributed by atoms with Gasteiger partial charge >= 0.3 is 0 Å². The molecule has 0 aliphatic heterocycles. The average Bonchev–Trinajstić information content (AvgIpc) is 2.26. The topological polar surface area (TPSA) is 12.0 Å².